The molecule has 17 heavy (non-hydrogen) atoms. The summed E-state index contributed by atoms with van der Waals surface area (Å²) in [5, 5.41) is 8.77. The van der Waals surface area contributed by atoms with Crippen LogP contribution in [0.2, 0.25) is 0 Å². The topological polar surface area (TPSA) is 64.4 Å². The van der Waals surface area contributed by atoms with Gasteiger partial charge in [-0.05, 0) is 0 Å². The lowest BCUT2D eigenvalue weighted by atomic mass is 10.2. The zero-order chi connectivity index (χ0) is 13.1. The molecule has 5 nitrogen and oxygen atoms in total. The van der Waals surface area contributed by atoms with E-state index >= 15 is 0 Å². The van der Waals surface area contributed by atoms with Crippen LogP contribution in [0.25, 0.3) is 0 Å². The first-order valence-electron chi connectivity index (χ1n) is 4.20. The summed E-state index contributed by atoms with van der Waals surface area (Å²) in [5.74, 6) is -1.17. The normalized spacial score (nSPS) is 10.6. The number of alkyl halides is 3. The van der Waals surface area contributed by atoms with Gasteiger partial charge in [0.1, 0.15) is 11.8 Å². The standard InChI is InChI=1S/C9H7F3N2O3/c1-15-6-3-7(17-9(10,11)12)14-8(16-2)5(6)4-13/h3H,1-2H3. The zero-order valence-electron chi connectivity index (χ0n) is 8.83. The average Bonchev–Trinajstić information content (AvgIpc) is 2.25. The zero-order valence-corrected chi connectivity index (χ0v) is 8.83. The Labute approximate surface area is 94.3 Å². The Morgan fingerprint density at radius 1 is 1.29 bits per heavy atom. The Morgan fingerprint density at radius 3 is 2.35 bits per heavy atom. The lowest BCUT2D eigenvalue weighted by molar-refractivity contribution is -0.276. The Hall–Kier alpha value is -2.17. The first-order chi connectivity index (χ1) is 7.91. The molecule has 1 rings (SSSR count). The van der Waals surface area contributed by atoms with Crippen molar-refractivity contribution in [3.05, 3.63) is 11.6 Å². The minimum Gasteiger partial charge on any atom is -0.495 e. The van der Waals surface area contributed by atoms with Crippen molar-refractivity contribution in [2.24, 2.45) is 0 Å². The average molecular weight is 248 g/mol. The highest BCUT2D eigenvalue weighted by Gasteiger charge is 2.32. The van der Waals surface area contributed by atoms with Crippen LogP contribution in [0.4, 0.5) is 13.2 Å². The molecular formula is C9H7F3N2O3. The molecule has 0 saturated heterocycles. The highest BCUT2D eigenvalue weighted by Crippen LogP contribution is 2.32. The number of methoxy groups -OCH3 is 2. The van der Waals surface area contributed by atoms with E-state index in [-0.39, 0.29) is 17.2 Å². The summed E-state index contributed by atoms with van der Waals surface area (Å²) in [5.41, 5.74) is -0.107. The summed E-state index contributed by atoms with van der Waals surface area (Å²) in [7, 11) is 2.37. The number of ether oxygens (including phenoxy) is 3. The van der Waals surface area contributed by atoms with Crippen LogP contribution in [0.1, 0.15) is 5.56 Å². The quantitative estimate of drug-likeness (QED) is 0.816. The fraction of sp³-hybridized carbons (Fsp3) is 0.333. The molecule has 1 aromatic heterocycles. The Kier molecular flexibility index (Phi) is 3.62. The molecule has 0 aliphatic heterocycles. The van der Waals surface area contributed by atoms with Crippen LogP contribution >= 0.6 is 0 Å². The van der Waals surface area contributed by atoms with Gasteiger partial charge < -0.3 is 14.2 Å². The lowest BCUT2D eigenvalue weighted by Crippen LogP contribution is -2.18. The number of hydrogen-bond donors (Lipinski definition) is 0. The molecule has 0 atom stereocenters. The third-order valence-corrected chi connectivity index (χ3v) is 1.67. The SMILES string of the molecule is COc1cc(OC(F)(F)F)nc(OC)c1C#N. The summed E-state index contributed by atoms with van der Waals surface area (Å²) in [6.07, 6.45) is -4.88. The van der Waals surface area contributed by atoms with Gasteiger partial charge in [0.2, 0.25) is 11.8 Å². The van der Waals surface area contributed by atoms with Gasteiger partial charge in [0, 0.05) is 6.07 Å². The molecule has 8 heteroatoms. The minimum absolute atomic E-state index is 0.107. The molecule has 0 radical (unpaired) electrons. The fourth-order valence-corrected chi connectivity index (χ4v) is 1.06. The van der Waals surface area contributed by atoms with Crippen LogP contribution in [-0.4, -0.2) is 25.6 Å². The molecule has 0 aliphatic carbocycles. The molecule has 0 aromatic carbocycles. The van der Waals surface area contributed by atoms with Crippen molar-refractivity contribution in [1.29, 1.82) is 5.26 Å². The molecule has 0 bridgehead atoms. The summed E-state index contributed by atoms with van der Waals surface area (Å²) < 4.78 is 49.0. The number of pyridine rings is 1. The Balaban J connectivity index is 3.24. The summed E-state index contributed by atoms with van der Waals surface area (Å²) >= 11 is 0. The van der Waals surface area contributed by atoms with Crippen LogP contribution in [0.5, 0.6) is 17.5 Å². The van der Waals surface area contributed by atoms with E-state index in [0.717, 1.165) is 6.07 Å². The fourth-order valence-electron chi connectivity index (χ4n) is 1.06. The summed E-state index contributed by atoms with van der Waals surface area (Å²) in [6.45, 7) is 0. The molecule has 0 fully saturated rings. The number of nitrogens with zero attached hydrogens (tertiary/aromatic N) is 2. The van der Waals surface area contributed by atoms with E-state index in [1.54, 1.807) is 6.07 Å². The third kappa shape index (κ3) is 3.14. The van der Waals surface area contributed by atoms with Crippen molar-refractivity contribution >= 4 is 0 Å². The van der Waals surface area contributed by atoms with E-state index in [1.165, 1.54) is 14.2 Å². The van der Waals surface area contributed by atoms with Gasteiger partial charge >= 0.3 is 6.36 Å². The second-order valence-corrected chi connectivity index (χ2v) is 2.71. The van der Waals surface area contributed by atoms with Gasteiger partial charge in [0.25, 0.3) is 0 Å². The van der Waals surface area contributed by atoms with Gasteiger partial charge in [-0.2, -0.15) is 10.2 Å². The second-order valence-electron chi connectivity index (χ2n) is 2.71. The Bertz CT molecular complexity index is 429. The van der Waals surface area contributed by atoms with E-state index in [0.29, 0.717) is 0 Å². The predicted octanol–water partition coefficient (Wildman–Crippen LogP) is 1.87. The van der Waals surface area contributed by atoms with Crippen molar-refractivity contribution in [2.45, 2.75) is 6.36 Å². The number of nitriles is 1. The van der Waals surface area contributed by atoms with Crippen molar-refractivity contribution in [1.82, 2.24) is 4.98 Å². The Morgan fingerprint density at radius 2 is 1.94 bits per heavy atom. The maximum Gasteiger partial charge on any atom is 0.574 e. The largest absolute Gasteiger partial charge is 0.574 e. The van der Waals surface area contributed by atoms with Crippen molar-refractivity contribution in [2.75, 3.05) is 14.2 Å². The predicted molar refractivity (Wildman–Crippen MR) is 48.7 cm³/mol. The molecule has 0 unspecified atom stereocenters. The number of aromatic nitrogens is 1. The summed E-state index contributed by atoms with van der Waals surface area (Å²) in [6, 6.07) is 2.56. The maximum absolute atomic E-state index is 12.0. The molecule has 0 amide bonds. The van der Waals surface area contributed by atoms with Crippen LogP contribution in [0.15, 0.2) is 6.07 Å². The molecular weight excluding hydrogens is 241 g/mol. The minimum atomic E-state index is -4.88. The second kappa shape index (κ2) is 4.78. The molecule has 0 saturated carbocycles. The van der Waals surface area contributed by atoms with Crippen molar-refractivity contribution < 1.29 is 27.4 Å². The van der Waals surface area contributed by atoms with Crippen molar-refractivity contribution in [3.8, 4) is 23.6 Å². The molecule has 0 aliphatic rings. The number of halogens is 3. The van der Waals surface area contributed by atoms with Gasteiger partial charge in [-0.3, -0.25) is 0 Å². The lowest BCUT2D eigenvalue weighted by Gasteiger charge is -2.11. The van der Waals surface area contributed by atoms with E-state index < -0.39 is 12.2 Å². The molecule has 0 spiro atoms. The van der Waals surface area contributed by atoms with E-state index in [1.807, 2.05) is 0 Å². The number of hydrogen-bond acceptors (Lipinski definition) is 5. The van der Waals surface area contributed by atoms with Crippen LogP contribution < -0.4 is 14.2 Å². The first-order valence-corrected chi connectivity index (χ1v) is 4.20. The van der Waals surface area contributed by atoms with Crippen LogP contribution in [0.3, 0.4) is 0 Å². The van der Waals surface area contributed by atoms with Crippen molar-refractivity contribution in [3.63, 3.8) is 0 Å². The molecule has 1 aromatic rings. The van der Waals surface area contributed by atoms with Crippen LogP contribution in [0, 0.1) is 11.3 Å². The monoisotopic (exact) mass is 248 g/mol. The number of rotatable bonds is 3. The maximum atomic E-state index is 12.0. The molecule has 92 valence electrons. The van der Waals surface area contributed by atoms with E-state index in [9.17, 15) is 13.2 Å². The molecule has 1 heterocycles. The van der Waals surface area contributed by atoms with Gasteiger partial charge in [-0.25, -0.2) is 0 Å². The van der Waals surface area contributed by atoms with E-state index in [4.69, 9.17) is 10.00 Å². The van der Waals surface area contributed by atoms with Gasteiger partial charge in [-0.1, -0.05) is 0 Å². The third-order valence-electron chi connectivity index (χ3n) is 1.67. The highest BCUT2D eigenvalue weighted by molar-refractivity contribution is 5.51. The van der Waals surface area contributed by atoms with Gasteiger partial charge in [0.15, 0.2) is 5.56 Å². The first kappa shape index (κ1) is 12.9. The van der Waals surface area contributed by atoms with Gasteiger partial charge in [-0.15, -0.1) is 13.2 Å². The molecule has 0 N–H and O–H groups in total. The van der Waals surface area contributed by atoms with Gasteiger partial charge in [0.05, 0.1) is 14.2 Å². The van der Waals surface area contributed by atoms with E-state index in [2.05, 4.69) is 14.5 Å². The smallest absolute Gasteiger partial charge is 0.495 e. The highest BCUT2D eigenvalue weighted by atomic mass is 19.4. The summed E-state index contributed by atoms with van der Waals surface area (Å²) in [4.78, 5) is 3.39. The van der Waals surface area contributed by atoms with Crippen LogP contribution in [-0.2, 0) is 0 Å².